The van der Waals surface area contributed by atoms with Crippen LogP contribution in [0.2, 0.25) is 0 Å². The number of nitrogen functional groups attached to an aromatic ring is 1. The van der Waals surface area contributed by atoms with Crippen LogP contribution in [0.1, 0.15) is 0 Å². The van der Waals surface area contributed by atoms with E-state index in [2.05, 4.69) is 20.0 Å². The normalized spacial score (nSPS) is 17.1. The molecule has 0 amide bonds. The van der Waals surface area contributed by atoms with Crippen LogP contribution in [0.4, 0.5) is 5.69 Å². The number of pyridine rings is 1. The number of anilines is 1. The van der Waals surface area contributed by atoms with Gasteiger partial charge in [-0.3, -0.25) is 10.8 Å². The number of hydrazine groups is 1. The van der Waals surface area contributed by atoms with E-state index in [1.165, 1.54) is 18.5 Å². The van der Waals surface area contributed by atoms with Crippen LogP contribution >= 0.6 is 11.8 Å². The van der Waals surface area contributed by atoms with Crippen molar-refractivity contribution in [2.75, 3.05) is 43.1 Å². The van der Waals surface area contributed by atoms with Crippen molar-refractivity contribution < 1.29 is 8.42 Å². The summed E-state index contributed by atoms with van der Waals surface area (Å²) in [7, 11) is -3.59. The molecule has 1 aliphatic rings. The molecule has 20 heavy (non-hydrogen) atoms. The quantitative estimate of drug-likeness (QED) is 0.489. The van der Waals surface area contributed by atoms with Gasteiger partial charge in [-0.1, -0.05) is 0 Å². The van der Waals surface area contributed by atoms with E-state index in [9.17, 15) is 8.42 Å². The van der Waals surface area contributed by atoms with Gasteiger partial charge in [-0.15, -0.1) is 0 Å². The number of rotatable bonds is 6. The van der Waals surface area contributed by atoms with Crippen molar-refractivity contribution in [2.45, 2.75) is 4.90 Å². The molecule has 1 aromatic heterocycles. The van der Waals surface area contributed by atoms with Gasteiger partial charge in [-0.2, -0.15) is 11.8 Å². The number of hydrogen-bond donors (Lipinski definition) is 3. The lowest BCUT2D eigenvalue weighted by Crippen LogP contribution is -2.39. The summed E-state index contributed by atoms with van der Waals surface area (Å²) in [4.78, 5) is 6.15. The summed E-state index contributed by atoms with van der Waals surface area (Å²) in [5.41, 5.74) is 2.70. The third-order valence-electron chi connectivity index (χ3n) is 3.05. The minimum atomic E-state index is -3.59. The van der Waals surface area contributed by atoms with E-state index in [0.717, 1.165) is 24.6 Å². The largest absolute Gasteiger partial charge is 0.323 e. The molecule has 0 radical (unpaired) electrons. The summed E-state index contributed by atoms with van der Waals surface area (Å²) in [6.45, 7) is 3.11. The molecule has 2 rings (SSSR count). The minimum absolute atomic E-state index is 0.0664. The molecule has 7 nitrogen and oxygen atoms in total. The monoisotopic (exact) mass is 317 g/mol. The van der Waals surface area contributed by atoms with E-state index in [0.29, 0.717) is 18.8 Å². The molecule has 4 N–H and O–H groups in total. The first-order valence-corrected chi connectivity index (χ1v) is 8.97. The molecule has 0 atom stereocenters. The summed E-state index contributed by atoms with van der Waals surface area (Å²) < 4.78 is 27.0. The van der Waals surface area contributed by atoms with Crippen LogP contribution in [-0.2, 0) is 10.0 Å². The highest BCUT2D eigenvalue weighted by Gasteiger charge is 2.19. The van der Waals surface area contributed by atoms with E-state index >= 15 is 0 Å². The van der Waals surface area contributed by atoms with Crippen LogP contribution in [0.3, 0.4) is 0 Å². The van der Waals surface area contributed by atoms with Crippen molar-refractivity contribution in [1.29, 1.82) is 0 Å². The fourth-order valence-corrected chi connectivity index (χ4v) is 4.06. The maximum atomic E-state index is 12.2. The number of nitrogens with one attached hydrogen (secondary N) is 2. The maximum Gasteiger partial charge on any atom is 0.244 e. The van der Waals surface area contributed by atoms with E-state index in [1.807, 2.05) is 11.8 Å². The number of hydrogen-bond acceptors (Lipinski definition) is 7. The van der Waals surface area contributed by atoms with Crippen LogP contribution in [0.5, 0.6) is 0 Å². The second-order valence-corrected chi connectivity index (χ2v) is 7.33. The highest BCUT2D eigenvalue weighted by atomic mass is 32.2. The standard InChI is InChI=1S/C11H19N5O2S2/c12-15-10-1-2-13-9-11(10)20(17,18)14-3-4-16-5-7-19-8-6-16/h1-2,9,14H,3-8,12H2,(H,13,15). The Hall–Kier alpha value is -0.870. The molecule has 0 unspecified atom stereocenters. The van der Waals surface area contributed by atoms with Crippen LogP contribution < -0.4 is 16.0 Å². The third-order valence-corrected chi connectivity index (χ3v) is 5.48. The van der Waals surface area contributed by atoms with Gasteiger partial charge < -0.3 is 10.3 Å². The van der Waals surface area contributed by atoms with E-state index in [1.54, 1.807) is 0 Å². The van der Waals surface area contributed by atoms with Crippen LogP contribution in [-0.4, -0.2) is 56.0 Å². The molecular formula is C11H19N5O2S2. The van der Waals surface area contributed by atoms with Gasteiger partial charge in [0.1, 0.15) is 4.90 Å². The highest BCUT2D eigenvalue weighted by Crippen LogP contribution is 2.17. The number of nitrogens with zero attached hydrogens (tertiary/aromatic N) is 2. The lowest BCUT2D eigenvalue weighted by atomic mass is 10.4. The number of thioether (sulfide) groups is 1. The van der Waals surface area contributed by atoms with Gasteiger partial charge in [0.25, 0.3) is 0 Å². The Kier molecular flexibility index (Phi) is 5.61. The van der Waals surface area contributed by atoms with Gasteiger partial charge in [0, 0.05) is 50.1 Å². The number of nitrogens with two attached hydrogens (primary N) is 1. The van der Waals surface area contributed by atoms with Crippen LogP contribution in [0.15, 0.2) is 23.4 Å². The summed E-state index contributed by atoms with van der Waals surface area (Å²) in [6, 6.07) is 1.52. The van der Waals surface area contributed by atoms with Crippen molar-refractivity contribution in [3.63, 3.8) is 0 Å². The first-order valence-electron chi connectivity index (χ1n) is 6.34. The fraction of sp³-hybridized carbons (Fsp3) is 0.545. The second-order valence-electron chi connectivity index (χ2n) is 4.37. The molecule has 0 bridgehead atoms. The number of aromatic nitrogens is 1. The molecule has 2 heterocycles. The van der Waals surface area contributed by atoms with Gasteiger partial charge in [-0.25, -0.2) is 13.1 Å². The van der Waals surface area contributed by atoms with Crippen molar-refractivity contribution in [3.05, 3.63) is 18.5 Å². The molecule has 1 saturated heterocycles. The molecule has 112 valence electrons. The van der Waals surface area contributed by atoms with Crippen molar-refractivity contribution in [2.24, 2.45) is 5.84 Å². The van der Waals surface area contributed by atoms with Gasteiger partial charge in [0.15, 0.2) is 0 Å². The molecule has 0 aliphatic carbocycles. The average molecular weight is 317 g/mol. The summed E-state index contributed by atoms with van der Waals surface area (Å²) in [5, 5.41) is 0. The lowest BCUT2D eigenvalue weighted by molar-refractivity contribution is 0.307. The van der Waals surface area contributed by atoms with Gasteiger partial charge >= 0.3 is 0 Å². The minimum Gasteiger partial charge on any atom is -0.323 e. The van der Waals surface area contributed by atoms with E-state index in [-0.39, 0.29) is 4.90 Å². The highest BCUT2D eigenvalue weighted by molar-refractivity contribution is 7.99. The second kappa shape index (κ2) is 7.23. The van der Waals surface area contributed by atoms with Gasteiger partial charge in [-0.05, 0) is 6.07 Å². The summed E-state index contributed by atoms with van der Waals surface area (Å²) >= 11 is 1.93. The Morgan fingerprint density at radius 2 is 2.15 bits per heavy atom. The Morgan fingerprint density at radius 1 is 1.40 bits per heavy atom. The summed E-state index contributed by atoms with van der Waals surface area (Å²) in [5.74, 6) is 7.53. The maximum absolute atomic E-state index is 12.2. The van der Waals surface area contributed by atoms with Gasteiger partial charge in [0.05, 0.1) is 5.69 Å². The molecule has 9 heteroatoms. The predicted molar refractivity (Wildman–Crippen MR) is 81.0 cm³/mol. The van der Waals surface area contributed by atoms with Crippen molar-refractivity contribution >= 4 is 27.5 Å². The zero-order chi connectivity index (χ0) is 14.4. The lowest BCUT2D eigenvalue weighted by Gasteiger charge is -2.26. The molecule has 0 aromatic carbocycles. The molecule has 0 saturated carbocycles. The molecule has 1 aromatic rings. The summed E-state index contributed by atoms with van der Waals surface area (Å²) in [6.07, 6.45) is 2.77. The molecule has 1 fully saturated rings. The molecule has 1 aliphatic heterocycles. The average Bonchev–Trinajstić information content (AvgIpc) is 2.48. The van der Waals surface area contributed by atoms with E-state index in [4.69, 9.17) is 5.84 Å². The Balaban J connectivity index is 1.93. The molecule has 0 spiro atoms. The zero-order valence-corrected chi connectivity index (χ0v) is 12.7. The van der Waals surface area contributed by atoms with Crippen molar-refractivity contribution in [3.8, 4) is 0 Å². The SMILES string of the molecule is NNc1ccncc1S(=O)(=O)NCCN1CCSCC1. The Bertz CT molecular complexity index is 531. The predicted octanol–water partition coefficient (Wildman–Crippen LogP) is -0.306. The zero-order valence-electron chi connectivity index (χ0n) is 11.1. The topological polar surface area (TPSA) is 100 Å². The smallest absolute Gasteiger partial charge is 0.244 e. The van der Waals surface area contributed by atoms with Crippen LogP contribution in [0, 0.1) is 0 Å². The van der Waals surface area contributed by atoms with Gasteiger partial charge in [0.2, 0.25) is 10.0 Å². The van der Waals surface area contributed by atoms with Crippen molar-refractivity contribution in [1.82, 2.24) is 14.6 Å². The fourth-order valence-electron chi connectivity index (χ4n) is 1.95. The Labute approximate surface area is 123 Å². The van der Waals surface area contributed by atoms with E-state index < -0.39 is 10.0 Å². The first kappa shape index (κ1) is 15.5. The van der Waals surface area contributed by atoms with Crippen LogP contribution in [0.25, 0.3) is 0 Å². The number of sulfonamides is 1. The third kappa shape index (κ3) is 4.06. The molecular weight excluding hydrogens is 298 g/mol. The Morgan fingerprint density at radius 3 is 2.85 bits per heavy atom. The first-order chi connectivity index (χ1) is 9.63.